The molecule has 17 heavy (non-hydrogen) atoms. The van der Waals surface area contributed by atoms with E-state index in [4.69, 9.17) is 0 Å². The van der Waals surface area contributed by atoms with Crippen molar-refractivity contribution in [1.82, 2.24) is 19.9 Å². The van der Waals surface area contributed by atoms with Gasteiger partial charge in [0.2, 0.25) is 0 Å². The number of imidazole rings is 2. The Bertz CT molecular complexity index is 465. The SMILES string of the molecule is CN(c1cnc[nH]1)[C@@H](Cc1cnc[nH]1)C(=O)O. The normalized spacial score (nSPS) is 12.3. The minimum absolute atomic E-state index is 0.352. The molecule has 2 heterocycles. The molecule has 0 fully saturated rings. The number of aromatic nitrogens is 4. The first-order valence-electron chi connectivity index (χ1n) is 5.09. The minimum Gasteiger partial charge on any atom is -0.480 e. The third kappa shape index (κ3) is 2.44. The second-order valence-electron chi connectivity index (χ2n) is 3.68. The number of carboxylic acids is 1. The maximum Gasteiger partial charge on any atom is 0.326 e. The minimum atomic E-state index is -0.892. The molecule has 3 N–H and O–H groups in total. The van der Waals surface area contributed by atoms with Crippen LogP contribution in [0.5, 0.6) is 0 Å². The lowest BCUT2D eigenvalue weighted by Crippen LogP contribution is -2.40. The number of anilines is 1. The number of aromatic amines is 2. The Labute approximate surface area is 97.5 Å². The summed E-state index contributed by atoms with van der Waals surface area (Å²) in [7, 11) is 1.71. The van der Waals surface area contributed by atoms with Gasteiger partial charge in [0, 0.05) is 25.4 Å². The largest absolute Gasteiger partial charge is 0.480 e. The first-order valence-corrected chi connectivity index (χ1v) is 5.09. The van der Waals surface area contributed by atoms with Crippen LogP contribution in [0.1, 0.15) is 5.69 Å². The number of carbonyl (C=O) groups is 1. The van der Waals surface area contributed by atoms with Gasteiger partial charge in [0.1, 0.15) is 11.9 Å². The van der Waals surface area contributed by atoms with Crippen molar-refractivity contribution in [2.75, 3.05) is 11.9 Å². The molecule has 0 aromatic carbocycles. The van der Waals surface area contributed by atoms with Crippen LogP contribution in [-0.2, 0) is 11.2 Å². The van der Waals surface area contributed by atoms with Crippen molar-refractivity contribution < 1.29 is 9.90 Å². The molecule has 0 unspecified atom stereocenters. The molecule has 0 aliphatic heterocycles. The lowest BCUT2D eigenvalue weighted by atomic mass is 10.1. The number of nitrogens with one attached hydrogen (secondary N) is 2. The van der Waals surface area contributed by atoms with Gasteiger partial charge in [-0.1, -0.05) is 0 Å². The summed E-state index contributed by atoms with van der Waals surface area (Å²) in [6.07, 6.45) is 6.61. The summed E-state index contributed by atoms with van der Waals surface area (Å²) in [5, 5.41) is 9.23. The topological polar surface area (TPSA) is 97.9 Å². The molecule has 0 saturated heterocycles. The van der Waals surface area contributed by atoms with Crippen LogP contribution in [0.4, 0.5) is 5.82 Å². The zero-order chi connectivity index (χ0) is 12.3. The van der Waals surface area contributed by atoms with Crippen molar-refractivity contribution in [2.24, 2.45) is 0 Å². The van der Waals surface area contributed by atoms with Gasteiger partial charge in [0.05, 0.1) is 18.9 Å². The Hall–Kier alpha value is -2.31. The summed E-state index contributed by atoms with van der Waals surface area (Å²) in [6, 6.07) is -0.670. The quantitative estimate of drug-likeness (QED) is 0.690. The van der Waals surface area contributed by atoms with Gasteiger partial charge in [-0.05, 0) is 0 Å². The number of hydrogen-bond donors (Lipinski definition) is 3. The molecule has 2 rings (SSSR count). The molecule has 90 valence electrons. The summed E-state index contributed by atoms with van der Waals surface area (Å²) in [6.45, 7) is 0. The average molecular weight is 235 g/mol. The molecule has 2 aromatic heterocycles. The predicted octanol–water partition coefficient (Wildman–Crippen LogP) is 0.265. The molecule has 0 aliphatic rings. The summed E-state index contributed by atoms with van der Waals surface area (Å²) in [4.78, 5) is 26.4. The Morgan fingerprint density at radius 2 is 2.12 bits per heavy atom. The molecular weight excluding hydrogens is 222 g/mol. The summed E-state index contributed by atoms with van der Waals surface area (Å²) in [5.74, 6) is -0.228. The van der Waals surface area contributed by atoms with Gasteiger partial charge in [-0.2, -0.15) is 0 Å². The number of H-pyrrole nitrogens is 2. The van der Waals surface area contributed by atoms with Crippen LogP contribution in [0.15, 0.2) is 25.0 Å². The van der Waals surface area contributed by atoms with Crippen LogP contribution >= 0.6 is 0 Å². The molecule has 0 bridgehead atoms. The van der Waals surface area contributed by atoms with Crippen molar-refractivity contribution >= 4 is 11.8 Å². The van der Waals surface area contributed by atoms with Crippen LogP contribution < -0.4 is 4.90 Å². The third-order valence-corrected chi connectivity index (χ3v) is 2.58. The van der Waals surface area contributed by atoms with Gasteiger partial charge in [-0.3, -0.25) is 0 Å². The average Bonchev–Trinajstić information content (AvgIpc) is 2.97. The molecule has 0 spiro atoms. The van der Waals surface area contributed by atoms with Gasteiger partial charge in [-0.15, -0.1) is 0 Å². The van der Waals surface area contributed by atoms with Gasteiger partial charge in [-0.25, -0.2) is 14.8 Å². The van der Waals surface area contributed by atoms with Crippen molar-refractivity contribution in [3.05, 3.63) is 30.7 Å². The molecule has 1 atom stereocenters. The van der Waals surface area contributed by atoms with E-state index in [2.05, 4.69) is 19.9 Å². The number of carboxylic acid groups (broad SMARTS) is 1. The highest BCUT2D eigenvalue weighted by molar-refractivity contribution is 5.77. The monoisotopic (exact) mass is 235 g/mol. The Morgan fingerprint density at radius 3 is 2.65 bits per heavy atom. The fourth-order valence-electron chi connectivity index (χ4n) is 1.60. The Balaban J connectivity index is 2.15. The van der Waals surface area contributed by atoms with E-state index >= 15 is 0 Å². The van der Waals surface area contributed by atoms with E-state index in [1.807, 2.05) is 0 Å². The Kier molecular flexibility index (Phi) is 3.08. The maximum absolute atomic E-state index is 11.3. The number of nitrogens with zero attached hydrogens (tertiary/aromatic N) is 3. The third-order valence-electron chi connectivity index (χ3n) is 2.58. The smallest absolute Gasteiger partial charge is 0.326 e. The van der Waals surface area contributed by atoms with Crippen molar-refractivity contribution in [2.45, 2.75) is 12.5 Å². The van der Waals surface area contributed by atoms with E-state index < -0.39 is 12.0 Å². The van der Waals surface area contributed by atoms with E-state index in [1.165, 1.54) is 12.7 Å². The molecule has 7 nitrogen and oxygen atoms in total. The summed E-state index contributed by atoms with van der Waals surface area (Å²) < 4.78 is 0. The molecule has 7 heteroatoms. The standard InChI is InChI=1S/C10H13N5O2/c1-15(9-4-12-6-14-9)8(10(16)17)2-7-3-11-5-13-7/h3-6,8H,2H2,1H3,(H,11,13)(H,12,14)(H,16,17)/t8-/m0/s1. The number of likely N-dealkylation sites (N-methyl/N-ethyl adjacent to an activating group) is 1. The first-order chi connectivity index (χ1) is 8.18. The van der Waals surface area contributed by atoms with E-state index in [0.29, 0.717) is 12.2 Å². The van der Waals surface area contributed by atoms with E-state index in [0.717, 1.165) is 5.69 Å². The summed E-state index contributed by atoms with van der Waals surface area (Å²) >= 11 is 0. The molecule has 0 radical (unpaired) electrons. The number of aliphatic carboxylic acids is 1. The summed E-state index contributed by atoms with van der Waals surface area (Å²) in [5.41, 5.74) is 0.781. The molecular formula is C10H13N5O2. The zero-order valence-electron chi connectivity index (χ0n) is 9.29. The second-order valence-corrected chi connectivity index (χ2v) is 3.68. The number of rotatable bonds is 5. The van der Waals surface area contributed by atoms with Gasteiger partial charge < -0.3 is 20.0 Å². The van der Waals surface area contributed by atoms with Crippen LogP contribution in [0, 0.1) is 0 Å². The van der Waals surface area contributed by atoms with E-state index in [1.54, 1.807) is 24.3 Å². The van der Waals surface area contributed by atoms with Crippen LogP contribution in [0.2, 0.25) is 0 Å². The predicted molar refractivity (Wildman–Crippen MR) is 60.7 cm³/mol. The molecule has 0 amide bonds. The van der Waals surface area contributed by atoms with Gasteiger partial charge in [0.25, 0.3) is 0 Å². The lowest BCUT2D eigenvalue weighted by molar-refractivity contribution is -0.138. The van der Waals surface area contributed by atoms with Gasteiger partial charge in [0.15, 0.2) is 0 Å². The lowest BCUT2D eigenvalue weighted by Gasteiger charge is -2.24. The van der Waals surface area contributed by atoms with Crippen molar-refractivity contribution in [3.8, 4) is 0 Å². The highest BCUT2D eigenvalue weighted by Gasteiger charge is 2.24. The van der Waals surface area contributed by atoms with Gasteiger partial charge >= 0.3 is 5.97 Å². The van der Waals surface area contributed by atoms with Crippen LogP contribution in [-0.4, -0.2) is 44.1 Å². The van der Waals surface area contributed by atoms with E-state index in [9.17, 15) is 9.90 Å². The highest BCUT2D eigenvalue weighted by atomic mass is 16.4. The zero-order valence-corrected chi connectivity index (χ0v) is 9.29. The van der Waals surface area contributed by atoms with Crippen molar-refractivity contribution in [3.63, 3.8) is 0 Å². The second kappa shape index (κ2) is 4.69. The van der Waals surface area contributed by atoms with Crippen LogP contribution in [0.25, 0.3) is 0 Å². The maximum atomic E-state index is 11.3. The first kappa shape index (κ1) is 11.2. The number of hydrogen-bond acceptors (Lipinski definition) is 4. The van der Waals surface area contributed by atoms with Crippen molar-refractivity contribution in [1.29, 1.82) is 0 Å². The van der Waals surface area contributed by atoms with Crippen LogP contribution in [0.3, 0.4) is 0 Å². The molecule has 2 aromatic rings. The Morgan fingerprint density at radius 1 is 1.41 bits per heavy atom. The molecule has 0 saturated carbocycles. The fraction of sp³-hybridized carbons (Fsp3) is 0.300. The molecule has 0 aliphatic carbocycles. The highest BCUT2D eigenvalue weighted by Crippen LogP contribution is 2.13. The fourth-order valence-corrected chi connectivity index (χ4v) is 1.60. The van der Waals surface area contributed by atoms with E-state index in [-0.39, 0.29) is 0 Å².